The molecule has 0 amide bonds. The molecule has 1 rings (SSSR count). The van der Waals surface area contributed by atoms with E-state index in [0.717, 1.165) is 20.8 Å². The van der Waals surface area contributed by atoms with Crippen LogP contribution < -0.4 is 0 Å². The van der Waals surface area contributed by atoms with Crippen molar-refractivity contribution in [2.45, 2.75) is 49.2 Å². The number of aliphatic hydroxyl groups excluding tert-OH is 1. The Morgan fingerprint density at radius 2 is 1.47 bits per heavy atom. The Morgan fingerprint density at radius 1 is 1.05 bits per heavy atom. The molecule has 1 heterocycles. The Balaban J connectivity index is 3.43. The molecule has 19 heavy (non-hydrogen) atoms. The fourth-order valence-electron chi connectivity index (χ4n) is 2.07. The van der Waals surface area contributed by atoms with Gasteiger partial charge in [0.15, 0.2) is 39.7 Å². The lowest BCUT2D eigenvalue weighted by Gasteiger charge is -2.49. The second kappa shape index (κ2) is 5.02. The summed E-state index contributed by atoms with van der Waals surface area (Å²) >= 11 is 2.83. The fourth-order valence-corrected chi connectivity index (χ4v) is 2.85. The zero-order valence-electron chi connectivity index (χ0n) is 10.6. The summed E-state index contributed by atoms with van der Waals surface area (Å²) in [6.45, 7) is 2.95. The average molecular weight is 339 g/mol. The van der Waals surface area contributed by atoms with Gasteiger partial charge < -0.3 is 20.1 Å². The van der Waals surface area contributed by atoms with Crippen molar-refractivity contribution in [2.75, 3.05) is 0 Å². The number of hydrogen-bond acceptors (Lipinski definition) is 7. The van der Waals surface area contributed by atoms with Gasteiger partial charge in [0.2, 0.25) is 0 Å². The second-order valence-corrected chi connectivity index (χ2v) is 5.44. The van der Waals surface area contributed by atoms with Crippen LogP contribution in [0.15, 0.2) is 0 Å². The number of halogens is 1. The summed E-state index contributed by atoms with van der Waals surface area (Å²) in [5.74, 6) is -2.62. The minimum atomic E-state index is -2.68. The molecule has 1 saturated heterocycles. The number of carbonyl (C=O) groups excluding carboxylic acids is 3. The Morgan fingerprint density at radius 3 is 1.79 bits per heavy atom. The van der Waals surface area contributed by atoms with Crippen molar-refractivity contribution in [3.05, 3.63) is 0 Å². The summed E-state index contributed by atoms with van der Waals surface area (Å²) in [6.07, 6.45) is -3.87. The maximum atomic E-state index is 11.6. The van der Waals surface area contributed by atoms with Crippen LogP contribution in [0.25, 0.3) is 0 Å². The number of Topliss-reactive ketones (excluding diaryl/α,β-unsaturated/α-hetero) is 3. The number of ketones is 3. The number of alkyl halides is 1. The first-order chi connectivity index (χ1) is 8.50. The quantitative estimate of drug-likeness (QED) is 0.546. The van der Waals surface area contributed by atoms with Crippen LogP contribution in [0.3, 0.4) is 0 Å². The van der Waals surface area contributed by atoms with Crippen LogP contribution in [0, 0.1) is 0 Å². The van der Waals surface area contributed by atoms with E-state index in [-0.39, 0.29) is 0 Å². The summed E-state index contributed by atoms with van der Waals surface area (Å²) in [7, 11) is 0. The fraction of sp³-hybridized carbons (Fsp3) is 0.727. The van der Waals surface area contributed by atoms with Gasteiger partial charge in [0.1, 0.15) is 6.10 Å². The molecule has 8 heteroatoms. The van der Waals surface area contributed by atoms with Crippen molar-refractivity contribution in [2.24, 2.45) is 0 Å². The average Bonchev–Trinajstić information content (AvgIpc) is 2.30. The van der Waals surface area contributed by atoms with Crippen LogP contribution in [-0.2, 0) is 19.1 Å². The van der Waals surface area contributed by atoms with Gasteiger partial charge in [-0.2, -0.15) is 0 Å². The topological polar surface area (TPSA) is 121 Å². The minimum Gasteiger partial charge on any atom is -0.386 e. The molecular weight excluding hydrogens is 324 g/mol. The van der Waals surface area contributed by atoms with Crippen LogP contribution in [0.5, 0.6) is 0 Å². The van der Waals surface area contributed by atoms with Gasteiger partial charge in [-0.1, -0.05) is 15.9 Å². The number of aliphatic hydroxyl groups is 3. The van der Waals surface area contributed by atoms with Crippen molar-refractivity contribution < 1.29 is 34.4 Å². The van der Waals surface area contributed by atoms with Crippen LogP contribution in [0.2, 0.25) is 0 Å². The molecule has 1 aliphatic rings. The van der Waals surface area contributed by atoms with E-state index in [0.29, 0.717) is 0 Å². The molecule has 0 aliphatic carbocycles. The van der Waals surface area contributed by atoms with Gasteiger partial charge in [0.25, 0.3) is 0 Å². The minimum absolute atomic E-state index is 0.716. The number of ether oxygens (including phenoxy) is 1. The third-order valence-corrected chi connectivity index (χ3v) is 4.25. The van der Waals surface area contributed by atoms with Crippen LogP contribution in [-0.4, -0.2) is 61.1 Å². The van der Waals surface area contributed by atoms with Gasteiger partial charge >= 0.3 is 0 Å². The number of carbonyl (C=O) groups is 3. The van der Waals surface area contributed by atoms with Crippen LogP contribution >= 0.6 is 15.9 Å². The SMILES string of the molecule is CC(=O)C1OC(Br)[C@](O)(C(C)=O)[C@H](O)[C@@]1(O)C(C)=O. The van der Waals surface area contributed by atoms with Crippen molar-refractivity contribution in [1.29, 1.82) is 0 Å². The van der Waals surface area contributed by atoms with Crippen LogP contribution in [0.1, 0.15) is 20.8 Å². The predicted octanol–water partition coefficient (Wildman–Crippen LogP) is -1.30. The Kier molecular flexibility index (Phi) is 4.33. The summed E-state index contributed by atoms with van der Waals surface area (Å²) in [5.41, 5.74) is -5.22. The highest BCUT2D eigenvalue weighted by molar-refractivity contribution is 9.09. The lowest BCUT2D eigenvalue weighted by molar-refractivity contribution is -0.262. The molecule has 1 fully saturated rings. The highest BCUT2D eigenvalue weighted by Crippen LogP contribution is 2.40. The van der Waals surface area contributed by atoms with E-state index in [1.807, 2.05) is 0 Å². The number of hydrogen-bond donors (Lipinski definition) is 3. The van der Waals surface area contributed by atoms with E-state index in [4.69, 9.17) is 4.74 Å². The maximum absolute atomic E-state index is 11.6. The molecular formula is C11H15BrO7. The Labute approximate surface area is 117 Å². The third-order valence-electron chi connectivity index (χ3n) is 3.33. The molecule has 0 spiro atoms. The van der Waals surface area contributed by atoms with Gasteiger partial charge in [-0.3, -0.25) is 14.4 Å². The lowest BCUT2D eigenvalue weighted by Crippen LogP contribution is -2.76. The van der Waals surface area contributed by atoms with E-state index < -0.39 is 45.8 Å². The first-order valence-electron chi connectivity index (χ1n) is 5.45. The molecule has 0 aromatic carbocycles. The summed E-state index contributed by atoms with van der Waals surface area (Å²) in [4.78, 5) is 34.5. The van der Waals surface area contributed by atoms with Crippen molar-refractivity contribution >= 4 is 33.3 Å². The monoisotopic (exact) mass is 338 g/mol. The van der Waals surface area contributed by atoms with E-state index >= 15 is 0 Å². The van der Waals surface area contributed by atoms with Crippen molar-refractivity contribution in [1.82, 2.24) is 0 Å². The number of rotatable bonds is 3. The summed E-state index contributed by atoms with van der Waals surface area (Å²) in [6, 6.07) is 0. The first kappa shape index (κ1) is 16.4. The molecule has 2 unspecified atom stereocenters. The molecule has 7 nitrogen and oxygen atoms in total. The normalized spacial score (nSPS) is 42.8. The molecule has 0 aromatic rings. The highest BCUT2D eigenvalue weighted by Gasteiger charge is 2.67. The molecule has 0 radical (unpaired) electrons. The smallest absolute Gasteiger partial charge is 0.188 e. The predicted molar refractivity (Wildman–Crippen MR) is 65.5 cm³/mol. The summed E-state index contributed by atoms with van der Waals surface area (Å²) in [5, 5.41) is 29.1. The van der Waals surface area contributed by atoms with Crippen molar-refractivity contribution in [3.8, 4) is 0 Å². The molecule has 108 valence electrons. The molecule has 3 N–H and O–H groups in total. The standard InChI is InChI=1S/C11H15BrO7/c1-4(13)7-10(17,5(2)14)8(16)11(18,6(3)15)9(12)19-7/h7-9,16-18H,1-3H3/t7?,8-,9?,10-,11+/m1/s1. The van der Waals surface area contributed by atoms with Crippen LogP contribution in [0.4, 0.5) is 0 Å². The second-order valence-electron chi connectivity index (χ2n) is 4.61. The lowest BCUT2D eigenvalue weighted by atomic mass is 9.73. The Bertz CT molecular complexity index is 437. The Hall–Kier alpha value is -0.670. The van der Waals surface area contributed by atoms with E-state index in [1.54, 1.807) is 0 Å². The zero-order chi connectivity index (χ0) is 15.2. The van der Waals surface area contributed by atoms with Gasteiger partial charge in [-0.25, -0.2) is 0 Å². The molecule has 0 aromatic heterocycles. The van der Waals surface area contributed by atoms with Crippen molar-refractivity contribution in [3.63, 3.8) is 0 Å². The van der Waals surface area contributed by atoms with Gasteiger partial charge in [-0.15, -0.1) is 0 Å². The van der Waals surface area contributed by atoms with E-state index in [9.17, 15) is 29.7 Å². The highest BCUT2D eigenvalue weighted by atomic mass is 79.9. The molecule has 1 aliphatic heterocycles. The molecule has 0 bridgehead atoms. The maximum Gasteiger partial charge on any atom is 0.188 e. The zero-order valence-corrected chi connectivity index (χ0v) is 12.2. The van der Waals surface area contributed by atoms with Gasteiger partial charge in [-0.05, 0) is 20.8 Å². The van der Waals surface area contributed by atoms with Gasteiger partial charge in [0, 0.05) is 0 Å². The van der Waals surface area contributed by atoms with E-state index in [2.05, 4.69) is 15.9 Å². The van der Waals surface area contributed by atoms with E-state index in [1.165, 1.54) is 0 Å². The third kappa shape index (κ3) is 2.17. The largest absolute Gasteiger partial charge is 0.386 e. The first-order valence-corrected chi connectivity index (χ1v) is 6.37. The molecule has 0 saturated carbocycles. The summed E-state index contributed by atoms with van der Waals surface area (Å²) < 4.78 is 5.04. The molecule has 5 atom stereocenters. The van der Waals surface area contributed by atoms with Gasteiger partial charge in [0.05, 0.1) is 0 Å².